The molecule has 10 nitrogen and oxygen atoms in total. The van der Waals surface area contributed by atoms with Gasteiger partial charge in [-0.2, -0.15) is 0 Å². The van der Waals surface area contributed by atoms with Gasteiger partial charge in [-0.25, -0.2) is 18.2 Å². The van der Waals surface area contributed by atoms with E-state index in [1.54, 1.807) is 37.6 Å². The van der Waals surface area contributed by atoms with Crippen LogP contribution in [-0.4, -0.2) is 77.3 Å². The Morgan fingerprint density at radius 2 is 1.16 bits per heavy atom. The van der Waals surface area contributed by atoms with Gasteiger partial charge in [-0.05, 0) is 51.2 Å². The van der Waals surface area contributed by atoms with E-state index in [2.05, 4.69) is 20.3 Å². The van der Waals surface area contributed by atoms with Crippen molar-refractivity contribution in [1.82, 2.24) is 8.61 Å². The van der Waals surface area contributed by atoms with Crippen LogP contribution in [-0.2, 0) is 9.68 Å². The summed E-state index contributed by atoms with van der Waals surface area (Å²) in [7, 11) is 6.32. The lowest BCUT2D eigenvalue weighted by atomic mass is 10.2. The van der Waals surface area contributed by atoms with Crippen LogP contribution in [0.5, 0.6) is 0 Å². The van der Waals surface area contributed by atoms with Gasteiger partial charge in [0.1, 0.15) is 18.8 Å². The number of oxime groups is 2. The molecular formula is C16H24N6O4S5. The Balaban J connectivity index is 1.89. The van der Waals surface area contributed by atoms with Crippen LogP contribution in [0.3, 0.4) is 0 Å². The maximum absolute atomic E-state index is 12.2. The first-order chi connectivity index (χ1) is 14.4. The predicted octanol–water partition coefficient (Wildman–Crippen LogP) is 4.80. The van der Waals surface area contributed by atoms with Crippen LogP contribution in [0.1, 0.15) is 27.7 Å². The van der Waals surface area contributed by atoms with Gasteiger partial charge in [-0.3, -0.25) is 19.7 Å². The summed E-state index contributed by atoms with van der Waals surface area (Å²) >= 11 is 6.61. The molecule has 2 amide bonds. The van der Waals surface area contributed by atoms with E-state index in [1.807, 2.05) is 27.7 Å². The minimum absolute atomic E-state index is 0.335. The zero-order valence-electron chi connectivity index (χ0n) is 18.4. The van der Waals surface area contributed by atoms with Gasteiger partial charge < -0.3 is 0 Å². The van der Waals surface area contributed by atoms with E-state index in [-0.39, 0.29) is 9.49 Å². The van der Waals surface area contributed by atoms with Crippen LogP contribution in [0.4, 0.5) is 9.59 Å². The zero-order valence-corrected chi connectivity index (χ0v) is 22.4. The van der Waals surface area contributed by atoms with Gasteiger partial charge in [0.15, 0.2) is 0 Å². The van der Waals surface area contributed by atoms with Crippen LogP contribution in [0.2, 0.25) is 0 Å². The Kier molecular flexibility index (Phi) is 9.07. The molecule has 0 aliphatic carbocycles. The summed E-state index contributed by atoms with van der Waals surface area (Å²) in [5, 5.41) is 9.21. The van der Waals surface area contributed by atoms with Gasteiger partial charge >= 0.3 is 12.2 Å². The van der Waals surface area contributed by atoms with Crippen molar-refractivity contribution in [3.05, 3.63) is 0 Å². The molecule has 0 saturated carbocycles. The highest BCUT2D eigenvalue weighted by Crippen LogP contribution is 2.44. The fourth-order valence-electron chi connectivity index (χ4n) is 1.94. The smallest absolute Gasteiger partial charge is 0.296 e. The van der Waals surface area contributed by atoms with Gasteiger partial charge in [0.25, 0.3) is 0 Å². The average molecular weight is 525 g/mol. The van der Waals surface area contributed by atoms with Crippen LogP contribution >= 0.6 is 59.2 Å². The van der Waals surface area contributed by atoms with Crippen molar-refractivity contribution in [2.45, 2.75) is 37.2 Å². The number of hydrogen-bond donors (Lipinski definition) is 0. The third kappa shape index (κ3) is 6.97. The maximum atomic E-state index is 12.2. The molecule has 0 atom stereocenters. The maximum Gasteiger partial charge on any atom is 0.447 e. The van der Waals surface area contributed by atoms with E-state index < -0.39 is 12.2 Å². The highest BCUT2D eigenvalue weighted by molar-refractivity contribution is 8.50. The second-order valence-corrected chi connectivity index (χ2v) is 13.9. The van der Waals surface area contributed by atoms with Crippen molar-refractivity contribution in [3.63, 3.8) is 0 Å². The van der Waals surface area contributed by atoms with Crippen LogP contribution in [0.25, 0.3) is 0 Å². The monoisotopic (exact) mass is 524 g/mol. The van der Waals surface area contributed by atoms with E-state index in [0.29, 0.717) is 10.1 Å². The average Bonchev–Trinajstić information content (AvgIpc) is 3.17. The van der Waals surface area contributed by atoms with Crippen molar-refractivity contribution >= 4 is 90.2 Å². The lowest BCUT2D eigenvalue weighted by Gasteiger charge is -2.20. The number of carbonyl (C=O) groups excluding carboxylic acids is 2. The lowest BCUT2D eigenvalue weighted by molar-refractivity contribution is 0.131. The molecule has 0 radical (unpaired) electrons. The van der Waals surface area contributed by atoms with E-state index in [9.17, 15) is 9.59 Å². The largest absolute Gasteiger partial charge is 0.447 e. The molecule has 2 aliphatic rings. The van der Waals surface area contributed by atoms with Gasteiger partial charge in [-0.1, -0.05) is 33.8 Å². The number of rotatable bonds is 4. The Hall–Kier alpha value is -1.03. The first-order valence-electron chi connectivity index (χ1n) is 8.81. The zero-order chi connectivity index (χ0) is 23.4. The molecule has 2 rings (SSSR count). The van der Waals surface area contributed by atoms with Crippen molar-refractivity contribution in [3.8, 4) is 0 Å². The number of hydrogen-bond acceptors (Lipinski definition) is 13. The summed E-state index contributed by atoms with van der Waals surface area (Å²) in [6, 6.07) is 0. The molecule has 2 fully saturated rings. The molecule has 0 bridgehead atoms. The van der Waals surface area contributed by atoms with Crippen molar-refractivity contribution in [2.24, 2.45) is 20.3 Å². The van der Waals surface area contributed by atoms with Crippen LogP contribution < -0.4 is 0 Å². The highest BCUT2D eigenvalue weighted by Gasteiger charge is 2.39. The molecule has 31 heavy (non-hydrogen) atoms. The minimum atomic E-state index is -0.737. The Morgan fingerprint density at radius 3 is 1.45 bits per heavy atom. The summed E-state index contributed by atoms with van der Waals surface area (Å²) in [6.45, 7) is 7.88. The van der Waals surface area contributed by atoms with E-state index in [1.165, 1.54) is 37.6 Å². The van der Waals surface area contributed by atoms with Crippen molar-refractivity contribution in [2.75, 3.05) is 28.2 Å². The third-order valence-electron chi connectivity index (χ3n) is 3.62. The molecule has 0 N–H and O–H groups in total. The number of nitrogens with zero attached hydrogens (tertiary/aromatic N) is 6. The summed E-state index contributed by atoms with van der Waals surface area (Å²) in [6.07, 6.45) is -1.47. The van der Waals surface area contributed by atoms with Gasteiger partial charge in [0.2, 0.25) is 0 Å². The molecule has 172 valence electrons. The lowest BCUT2D eigenvalue weighted by Crippen LogP contribution is -2.29. The SMILES string of the molecule is CN=C1SC(=NOC(=O)N(C)SN(C)C(=O)ON=C2SC(=NC)SC2(C)C)C(C)(C)S1. The molecule has 0 aromatic carbocycles. The Bertz CT molecular complexity index is 789. The molecule has 2 saturated heterocycles. The predicted molar refractivity (Wildman–Crippen MR) is 136 cm³/mol. The first kappa shape index (κ1) is 26.2. The molecule has 2 heterocycles. The summed E-state index contributed by atoms with van der Waals surface area (Å²) in [5.41, 5.74) is 0. The third-order valence-corrected chi connectivity index (χ3v) is 10.1. The van der Waals surface area contributed by atoms with Gasteiger partial charge in [-0.15, -0.1) is 0 Å². The van der Waals surface area contributed by atoms with E-state index >= 15 is 0 Å². The molecule has 2 aliphatic heterocycles. The van der Waals surface area contributed by atoms with E-state index in [0.717, 1.165) is 29.5 Å². The van der Waals surface area contributed by atoms with Crippen molar-refractivity contribution in [1.29, 1.82) is 0 Å². The number of aliphatic imine (C=N–C) groups is 2. The molecule has 0 aromatic heterocycles. The van der Waals surface area contributed by atoms with Crippen LogP contribution in [0, 0.1) is 0 Å². The molecule has 15 heteroatoms. The second-order valence-electron chi connectivity index (χ2n) is 6.99. The summed E-state index contributed by atoms with van der Waals surface area (Å²) < 4.78 is 3.28. The van der Waals surface area contributed by atoms with Gasteiger partial charge in [0.05, 0.1) is 21.6 Å². The fraction of sp³-hybridized carbons (Fsp3) is 0.625. The summed E-state index contributed by atoms with van der Waals surface area (Å²) in [5.74, 6) is 0. The first-order valence-corrected chi connectivity index (χ1v) is 12.8. The molecular weight excluding hydrogens is 501 g/mol. The molecule has 0 aromatic rings. The Labute approximate surface area is 203 Å². The van der Waals surface area contributed by atoms with Gasteiger partial charge in [0, 0.05) is 28.2 Å². The van der Waals surface area contributed by atoms with Crippen LogP contribution in [0.15, 0.2) is 20.3 Å². The minimum Gasteiger partial charge on any atom is -0.296 e. The topological polar surface area (TPSA) is 109 Å². The molecule has 0 unspecified atom stereocenters. The number of thioether (sulfide) groups is 4. The Morgan fingerprint density at radius 1 is 0.806 bits per heavy atom. The van der Waals surface area contributed by atoms with Crippen molar-refractivity contribution < 1.29 is 19.3 Å². The highest BCUT2D eigenvalue weighted by atomic mass is 32.2. The number of amides is 2. The normalized spacial score (nSPS) is 24.8. The second kappa shape index (κ2) is 10.7. The fourth-order valence-corrected chi connectivity index (χ4v) is 7.53. The summed E-state index contributed by atoms with van der Waals surface area (Å²) in [4.78, 5) is 42.8. The number of carbonyl (C=O) groups is 2. The quantitative estimate of drug-likeness (QED) is 0.291. The van der Waals surface area contributed by atoms with E-state index in [4.69, 9.17) is 9.68 Å². The standard InChI is InChI=1S/C16H24N6O4S5/c1-15(2)9(27-11(17-5)29-15)19-25-13(23)21(7)31-22(8)14(24)26-20-10-16(3,4)30-12(18-6)28-10/h1-8H3. The molecule has 0 spiro atoms.